The van der Waals surface area contributed by atoms with Crippen molar-refractivity contribution in [3.8, 4) is 11.5 Å². The van der Waals surface area contributed by atoms with Crippen LogP contribution in [0.2, 0.25) is 5.02 Å². The molecule has 3 aromatic rings. The molecule has 9 heteroatoms. The standard InChI is InChI=1S/C31H34ClN3O4S/c1-3-4-5-6-19-39-27-17-13-25(14-18-27)35-29(36)20-28(30(35)37)40-31(34-24-11-9-23(32)10-12-24)33-21-22-7-15-26(38-2)16-8-22/h7-18,28H,3-6,19-21H2,1-2H3,(H,33,34)/t28-/m1/s1. The Morgan fingerprint density at radius 1 is 0.975 bits per heavy atom. The SMILES string of the molecule is CCCCCCOc1ccc(N2C(=O)C[C@@H](SC(=NCc3ccc(OC)cc3)Nc3ccc(Cl)cc3)C2=O)cc1. The predicted octanol–water partition coefficient (Wildman–Crippen LogP) is 7.34. The van der Waals surface area contributed by atoms with Gasteiger partial charge in [0.05, 0.1) is 25.9 Å². The summed E-state index contributed by atoms with van der Waals surface area (Å²) in [5.74, 6) is 0.990. The molecule has 0 spiro atoms. The fourth-order valence-electron chi connectivity index (χ4n) is 4.17. The zero-order chi connectivity index (χ0) is 28.3. The summed E-state index contributed by atoms with van der Waals surface area (Å²) >= 11 is 7.30. The highest BCUT2D eigenvalue weighted by Gasteiger charge is 2.40. The monoisotopic (exact) mass is 579 g/mol. The Labute approximate surface area is 244 Å². The van der Waals surface area contributed by atoms with E-state index in [1.807, 2.05) is 36.4 Å². The molecule has 2 amide bonds. The molecule has 4 rings (SSSR count). The minimum atomic E-state index is -0.601. The van der Waals surface area contributed by atoms with Crippen LogP contribution in [0.1, 0.15) is 44.6 Å². The molecule has 1 N–H and O–H groups in total. The van der Waals surface area contributed by atoms with Gasteiger partial charge in [0.1, 0.15) is 16.7 Å². The van der Waals surface area contributed by atoms with E-state index in [0.717, 1.165) is 35.6 Å². The van der Waals surface area contributed by atoms with Gasteiger partial charge >= 0.3 is 0 Å². The molecule has 3 aromatic carbocycles. The minimum Gasteiger partial charge on any atom is -0.497 e. The number of hydrogen-bond donors (Lipinski definition) is 1. The third-order valence-electron chi connectivity index (χ3n) is 6.38. The zero-order valence-electron chi connectivity index (χ0n) is 22.8. The Kier molecular flexibility index (Phi) is 10.9. The molecule has 0 radical (unpaired) electrons. The Hall–Kier alpha value is -3.49. The van der Waals surface area contributed by atoms with Gasteiger partial charge < -0.3 is 14.8 Å². The number of hydrogen-bond acceptors (Lipinski definition) is 6. The summed E-state index contributed by atoms with van der Waals surface area (Å²) < 4.78 is 11.0. The van der Waals surface area contributed by atoms with E-state index in [1.54, 1.807) is 43.5 Å². The van der Waals surface area contributed by atoms with Gasteiger partial charge in [0.15, 0.2) is 5.17 Å². The maximum absolute atomic E-state index is 13.4. The summed E-state index contributed by atoms with van der Waals surface area (Å²) in [5, 5.41) is 3.85. The minimum absolute atomic E-state index is 0.0863. The maximum Gasteiger partial charge on any atom is 0.247 e. The number of benzene rings is 3. The number of nitrogens with one attached hydrogen (secondary N) is 1. The van der Waals surface area contributed by atoms with Crippen LogP contribution in [-0.4, -0.2) is 35.9 Å². The number of rotatable bonds is 12. The second-order valence-corrected chi connectivity index (χ2v) is 11.0. The van der Waals surface area contributed by atoms with E-state index in [9.17, 15) is 9.59 Å². The number of thioether (sulfide) groups is 1. The van der Waals surface area contributed by atoms with Gasteiger partial charge in [-0.15, -0.1) is 0 Å². The summed E-state index contributed by atoms with van der Waals surface area (Å²) in [6, 6.07) is 22.0. The molecule has 0 saturated carbocycles. The third-order valence-corrected chi connectivity index (χ3v) is 7.74. The van der Waals surface area contributed by atoms with E-state index in [0.29, 0.717) is 29.0 Å². The Balaban J connectivity index is 1.44. The summed E-state index contributed by atoms with van der Waals surface area (Å²) in [6.45, 7) is 3.22. The fourth-order valence-corrected chi connectivity index (χ4v) is 5.31. The van der Waals surface area contributed by atoms with Crippen LogP contribution < -0.4 is 19.7 Å². The van der Waals surface area contributed by atoms with E-state index >= 15 is 0 Å². The van der Waals surface area contributed by atoms with Gasteiger partial charge in [0.2, 0.25) is 11.8 Å². The zero-order valence-corrected chi connectivity index (χ0v) is 24.3. The van der Waals surface area contributed by atoms with Crippen LogP contribution >= 0.6 is 23.4 Å². The number of carbonyl (C=O) groups excluding carboxylic acids is 2. The van der Waals surface area contributed by atoms with Crippen LogP contribution in [0, 0.1) is 0 Å². The van der Waals surface area contributed by atoms with Gasteiger partial charge in [-0.05, 0) is 72.6 Å². The van der Waals surface area contributed by atoms with Crippen molar-refractivity contribution in [2.45, 2.75) is 50.8 Å². The van der Waals surface area contributed by atoms with Gasteiger partial charge in [0.25, 0.3) is 0 Å². The van der Waals surface area contributed by atoms with Crippen LogP contribution in [0.4, 0.5) is 11.4 Å². The molecule has 1 fully saturated rings. The van der Waals surface area contributed by atoms with E-state index in [-0.39, 0.29) is 18.2 Å². The molecule has 0 aromatic heterocycles. The number of imide groups is 1. The highest BCUT2D eigenvalue weighted by Crippen LogP contribution is 2.32. The predicted molar refractivity (Wildman–Crippen MR) is 164 cm³/mol. The third kappa shape index (κ3) is 8.26. The molecule has 0 unspecified atom stereocenters. The number of nitrogens with zero attached hydrogens (tertiary/aromatic N) is 2. The molecule has 1 aliphatic heterocycles. The lowest BCUT2D eigenvalue weighted by molar-refractivity contribution is -0.121. The van der Waals surface area contributed by atoms with Crippen molar-refractivity contribution in [2.75, 3.05) is 23.9 Å². The molecule has 7 nitrogen and oxygen atoms in total. The number of aliphatic imine (C=N–C) groups is 1. The number of anilines is 2. The number of methoxy groups -OCH3 is 1. The first kappa shape index (κ1) is 29.5. The Morgan fingerprint density at radius 3 is 2.35 bits per heavy atom. The fraction of sp³-hybridized carbons (Fsp3) is 0.323. The van der Waals surface area contributed by atoms with Gasteiger partial charge in [-0.1, -0.05) is 61.7 Å². The second kappa shape index (κ2) is 14.8. The average Bonchev–Trinajstić information content (AvgIpc) is 3.25. The summed E-state index contributed by atoms with van der Waals surface area (Å²) in [6.07, 6.45) is 4.61. The lowest BCUT2D eigenvalue weighted by atomic mass is 10.2. The van der Waals surface area contributed by atoms with Crippen molar-refractivity contribution < 1.29 is 19.1 Å². The van der Waals surface area contributed by atoms with Gasteiger partial charge in [-0.2, -0.15) is 0 Å². The molecular weight excluding hydrogens is 546 g/mol. The second-order valence-electron chi connectivity index (χ2n) is 9.38. The van der Waals surface area contributed by atoms with Gasteiger partial charge in [0, 0.05) is 17.1 Å². The first-order chi connectivity index (χ1) is 19.5. The van der Waals surface area contributed by atoms with Crippen LogP contribution in [0.15, 0.2) is 77.8 Å². The smallest absolute Gasteiger partial charge is 0.247 e. The van der Waals surface area contributed by atoms with Gasteiger partial charge in [-0.3, -0.25) is 14.6 Å². The van der Waals surface area contributed by atoms with Crippen LogP contribution in [0.25, 0.3) is 0 Å². The van der Waals surface area contributed by atoms with Crippen molar-refractivity contribution in [3.63, 3.8) is 0 Å². The van der Waals surface area contributed by atoms with Crippen molar-refractivity contribution in [1.29, 1.82) is 0 Å². The molecular formula is C31H34ClN3O4S. The highest BCUT2D eigenvalue weighted by molar-refractivity contribution is 8.15. The van der Waals surface area contributed by atoms with Crippen LogP contribution in [-0.2, 0) is 16.1 Å². The highest BCUT2D eigenvalue weighted by atomic mass is 35.5. The summed E-state index contributed by atoms with van der Waals surface area (Å²) in [5.41, 5.74) is 2.31. The van der Waals surface area contributed by atoms with Crippen LogP contribution in [0.3, 0.4) is 0 Å². The Morgan fingerprint density at radius 2 is 1.68 bits per heavy atom. The number of halogens is 1. The molecule has 1 heterocycles. The van der Waals surface area contributed by atoms with Crippen molar-refractivity contribution in [2.24, 2.45) is 4.99 Å². The molecule has 1 atom stereocenters. The number of carbonyl (C=O) groups is 2. The van der Waals surface area contributed by atoms with E-state index < -0.39 is 5.25 Å². The summed E-state index contributed by atoms with van der Waals surface area (Å²) in [7, 11) is 1.62. The molecule has 210 valence electrons. The van der Waals surface area contributed by atoms with E-state index in [4.69, 9.17) is 26.1 Å². The number of amidine groups is 1. The average molecular weight is 580 g/mol. The summed E-state index contributed by atoms with van der Waals surface area (Å²) in [4.78, 5) is 32.3. The number of amides is 2. The molecule has 1 aliphatic rings. The molecule has 1 saturated heterocycles. The van der Waals surface area contributed by atoms with Crippen molar-refractivity contribution in [3.05, 3.63) is 83.4 Å². The normalized spacial score (nSPS) is 15.4. The quantitative estimate of drug-likeness (QED) is 0.105. The first-order valence-electron chi connectivity index (χ1n) is 13.4. The first-order valence-corrected chi connectivity index (χ1v) is 14.7. The maximum atomic E-state index is 13.4. The molecule has 0 aliphatic carbocycles. The molecule has 40 heavy (non-hydrogen) atoms. The lowest BCUT2D eigenvalue weighted by Gasteiger charge is -2.16. The lowest BCUT2D eigenvalue weighted by Crippen LogP contribution is -2.31. The molecule has 0 bridgehead atoms. The van der Waals surface area contributed by atoms with Crippen LogP contribution in [0.5, 0.6) is 11.5 Å². The Bertz CT molecular complexity index is 1300. The van der Waals surface area contributed by atoms with Gasteiger partial charge in [-0.25, -0.2) is 4.90 Å². The number of unbranched alkanes of at least 4 members (excludes halogenated alkanes) is 3. The topological polar surface area (TPSA) is 80.2 Å². The number of ether oxygens (including phenoxy) is 2. The van der Waals surface area contributed by atoms with E-state index in [2.05, 4.69) is 12.2 Å². The van der Waals surface area contributed by atoms with E-state index in [1.165, 1.54) is 29.5 Å². The largest absolute Gasteiger partial charge is 0.497 e. The van der Waals surface area contributed by atoms with Crippen molar-refractivity contribution >= 4 is 51.7 Å². The van der Waals surface area contributed by atoms with Crippen molar-refractivity contribution in [1.82, 2.24) is 0 Å².